The van der Waals surface area contributed by atoms with Crippen LogP contribution in [0.25, 0.3) is 33.2 Å². The first-order valence-electron chi connectivity index (χ1n) is 12.7. The quantitative estimate of drug-likeness (QED) is 0.260. The molecule has 6 nitrogen and oxygen atoms in total. The number of carbonyl (C=O) groups is 1. The average molecular weight is 504 g/mol. The van der Waals surface area contributed by atoms with Crippen LogP contribution in [0.4, 0.5) is 10.1 Å². The third-order valence-corrected chi connectivity index (χ3v) is 6.78. The number of anilines is 1. The van der Waals surface area contributed by atoms with E-state index < -0.39 is 0 Å². The number of amides is 1. The van der Waals surface area contributed by atoms with E-state index >= 15 is 0 Å². The van der Waals surface area contributed by atoms with E-state index in [4.69, 9.17) is 9.98 Å². The third-order valence-electron chi connectivity index (χ3n) is 6.78. The number of nitrogens with zero attached hydrogens (tertiary/aromatic N) is 3. The number of aliphatic imine (C=N–C) groups is 1. The van der Waals surface area contributed by atoms with Gasteiger partial charge in [0.15, 0.2) is 0 Å². The van der Waals surface area contributed by atoms with Gasteiger partial charge in [-0.1, -0.05) is 31.2 Å². The van der Waals surface area contributed by atoms with Gasteiger partial charge in [0.1, 0.15) is 5.82 Å². The molecule has 5 aromatic rings. The molecule has 38 heavy (non-hydrogen) atoms. The Hall–Kier alpha value is -4.65. The lowest BCUT2D eigenvalue weighted by Crippen LogP contribution is -2.10. The van der Waals surface area contributed by atoms with Gasteiger partial charge >= 0.3 is 0 Å². The summed E-state index contributed by atoms with van der Waals surface area (Å²) >= 11 is 0. The maximum Gasteiger partial charge on any atom is 0.224 e. The molecule has 0 unspecified atom stereocenters. The van der Waals surface area contributed by atoms with Gasteiger partial charge in [0.2, 0.25) is 5.91 Å². The third kappa shape index (κ3) is 4.36. The molecule has 4 heterocycles. The van der Waals surface area contributed by atoms with E-state index in [2.05, 4.69) is 27.4 Å². The largest absolute Gasteiger partial charge is 0.353 e. The number of pyridine rings is 2. The minimum atomic E-state index is -0.264. The predicted molar refractivity (Wildman–Crippen MR) is 149 cm³/mol. The van der Waals surface area contributed by atoms with Gasteiger partial charge in [0.25, 0.3) is 0 Å². The average Bonchev–Trinajstić information content (AvgIpc) is 3.49. The molecule has 0 bridgehead atoms. The molecule has 0 fully saturated rings. The minimum absolute atomic E-state index is 0.0294. The molecule has 6 rings (SSSR count). The van der Waals surface area contributed by atoms with Crippen molar-refractivity contribution in [2.24, 2.45) is 4.99 Å². The van der Waals surface area contributed by atoms with E-state index in [0.717, 1.165) is 62.2 Å². The molecule has 0 radical (unpaired) electrons. The van der Waals surface area contributed by atoms with E-state index in [1.165, 1.54) is 6.07 Å². The summed E-state index contributed by atoms with van der Waals surface area (Å²) in [6, 6.07) is 18.6. The van der Waals surface area contributed by atoms with Crippen molar-refractivity contribution in [3.63, 3.8) is 0 Å². The Labute approximate surface area is 219 Å². The van der Waals surface area contributed by atoms with Gasteiger partial charge < -0.3 is 10.3 Å². The van der Waals surface area contributed by atoms with E-state index in [-0.39, 0.29) is 17.8 Å². The van der Waals surface area contributed by atoms with Crippen molar-refractivity contribution in [2.75, 3.05) is 5.32 Å². The molecule has 1 atom stereocenters. The molecule has 1 aliphatic heterocycles. The first-order valence-corrected chi connectivity index (χ1v) is 12.7. The Kier molecular flexibility index (Phi) is 6.04. The van der Waals surface area contributed by atoms with Gasteiger partial charge in [-0.15, -0.1) is 0 Å². The Morgan fingerprint density at radius 1 is 0.974 bits per heavy atom. The van der Waals surface area contributed by atoms with E-state index in [0.29, 0.717) is 12.1 Å². The SMILES string of the molecule is CCCC(=O)Nc1cncc(-c2cnc3c(c2)C(c2cc4c(-c5cccc(F)c5)cccc4[nH]2)=N[C@H]3C)c1. The number of H-pyrrole nitrogens is 1. The molecular weight excluding hydrogens is 477 g/mol. The molecule has 0 saturated carbocycles. The highest BCUT2D eigenvalue weighted by atomic mass is 19.1. The lowest BCUT2D eigenvalue weighted by atomic mass is 9.99. The van der Waals surface area contributed by atoms with Crippen molar-refractivity contribution < 1.29 is 9.18 Å². The van der Waals surface area contributed by atoms with Gasteiger partial charge in [-0.2, -0.15) is 0 Å². The summed E-state index contributed by atoms with van der Waals surface area (Å²) in [5.41, 5.74) is 8.72. The van der Waals surface area contributed by atoms with Crippen molar-refractivity contribution in [1.29, 1.82) is 0 Å². The summed E-state index contributed by atoms with van der Waals surface area (Å²) in [6.07, 6.45) is 6.49. The number of halogens is 1. The monoisotopic (exact) mass is 503 g/mol. The topological polar surface area (TPSA) is 83.0 Å². The van der Waals surface area contributed by atoms with Crippen molar-refractivity contribution in [3.8, 4) is 22.3 Å². The van der Waals surface area contributed by atoms with Gasteiger partial charge in [-0.05, 0) is 60.9 Å². The molecule has 0 saturated heterocycles. The van der Waals surface area contributed by atoms with E-state index in [1.807, 2.05) is 50.4 Å². The van der Waals surface area contributed by atoms with E-state index in [1.54, 1.807) is 24.5 Å². The van der Waals surface area contributed by atoms with Gasteiger partial charge in [0, 0.05) is 46.4 Å². The fourth-order valence-corrected chi connectivity index (χ4v) is 5.00. The minimum Gasteiger partial charge on any atom is -0.353 e. The van der Waals surface area contributed by atoms with Crippen LogP contribution < -0.4 is 5.32 Å². The summed E-state index contributed by atoms with van der Waals surface area (Å²) in [5.74, 6) is -0.293. The van der Waals surface area contributed by atoms with Crippen LogP contribution in [0.15, 0.2) is 84.2 Å². The molecule has 7 heteroatoms. The fourth-order valence-electron chi connectivity index (χ4n) is 5.00. The number of aromatic nitrogens is 3. The van der Waals surface area contributed by atoms with Gasteiger partial charge in [-0.25, -0.2) is 4.39 Å². The highest BCUT2D eigenvalue weighted by Crippen LogP contribution is 2.36. The molecular formula is C31H26FN5O. The fraction of sp³-hybridized carbons (Fsp3) is 0.161. The Balaban J connectivity index is 1.38. The van der Waals surface area contributed by atoms with Gasteiger partial charge in [-0.3, -0.25) is 19.8 Å². The summed E-state index contributed by atoms with van der Waals surface area (Å²) in [4.78, 5) is 29.6. The Morgan fingerprint density at radius 3 is 2.66 bits per heavy atom. The van der Waals surface area contributed by atoms with Crippen LogP contribution in [-0.2, 0) is 4.79 Å². The van der Waals surface area contributed by atoms with Crippen LogP contribution in [0, 0.1) is 5.82 Å². The summed E-state index contributed by atoms with van der Waals surface area (Å²) in [6.45, 7) is 4.00. The Bertz CT molecular complexity index is 1720. The summed E-state index contributed by atoms with van der Waals surface area (Å²) in [7, 11) is 0. The maximum absolute atomic E-state index is 14.0. The highest BCUT2D eigenvalue weighted by Gasteiger charge is 2.26. The number of benzene rings is 2. The highest BCUT2D eigenvalue weighted by molar-refractivity contribution is 6.17. The molecule has 3 aromatic heterocycles. The van der Waals surface area contributed by atoms with Crippen LogP contribution in [0.3, 0.4) is 0 Å². The molecule has 2 N–H and O–H groups in total. The number of carbonyl (C=O) groups excluding carboxylic acids is 1. The maximum atomic E-state index is 14.0. The molecule has 188 valence electrons. The smallest absolute Gasteiger partial charge is 0.224 e. The molecule has 1 amide bonds. The molecule has 0 spiro atoms. The zero-order valence-corrected chi connectivity index (χ0v) is 21.1. The number of aromatic amines is 1. The van der Waals surface area contributed by atoms with Gasteiger partial charge in [0.05, 0.1) is 35.0 Å². The van der Waals surface area contributed by atoms with Crippen molar-refractivity contribution in [1.82, 2.24) is 15.0 Å². The summed E-state index contributed by atoms with van der Waals surface area (Å²) < 4.78 is 14.0. The Morgan fingerprint density at radius 2 is 1.82 bits per heavy atom. The van der Waals surface area contributed by atoms with Crippen LogP contribution in [-0.4, -0.2) is 26.6 Å². The predicted octanol–water partition coefficient (Wildman–Crippen LogP) is 7.08. The van der Waals surface area contributed by atoms with Crippen molar-refractivity contribution in [3.05, 3.63) is 102 Å². The van der Waals surface area contributed by atoms with E-state index in [9.17, 15) is 9.18 Å². The number of hydrogen-bond acceptors (Lipinski definition) is 4. The normalized spacial score (nSPS) is 14.4. The number of rotatable bonds is 6. The summed E-state index contributed by atoms with van der Waals surface area (Å²) in [5, 5.41) is 3.91. The lowest BCUT2D eigenvalue weighted by molar-refractivity contribution is -0.116. The standard InChI is InChI=1S/C31H26FN5O/c1-3-6-29(38)36-23-12-20(15-33-17-23)21-13-26-30(34-16-21)18(2)35-31(26)28-14-25-24(9-5-10-27(25)37-28)19-7-4-8-22(32)11-19/h4-5,7-18,37H,3,6H2,1-2H3,(H,36,38)/t18-/m0/s1. The first kappa shape index (κ1) is 23.7. The second-order valence-corrected chi connectivity index (χ2v) is 9.53. The number of nitrogens with one attached hydrogen (secondary N) is 2. The number of hydrogen-bond donors (Lipinski definition) is 2. The molecule has 2 aromatic carbocycles. The van der Waals surface area contributed by atoms with Crippen LogP contribution >= 0.6 is 0 Å². The number of fused-ring (bicyclic) bond motifs is 2. The second kappa shape index (κ2) is 9.67. The molecule has 0 aliphatic carbocycles. The zero-order chi connectivity index (χ0) is 26.2. The molecule has 1 aliphatic rings. The van der Waals surface area contributed by atoms with Crippen LogP contribution in [0.1, 0.15) is 49.7 Å². The first-order chi connectivity index (χ1) is 18.5. The van der Waals surface area contributed by atoms with Crippen molar-refractivity contribution in [2.45, 2.75) is 32.7 Å². The van der Waals surface area contributed by atoms with Crippen LogP contribution in [0.5, 0.6) is 0 Å². The lowest BCUT2D eigenvalue weighted by Gasteiger charge is -2.09. The second-order valence-electron chi connectivity index (χ2n) is 9.53. The van der Waals surface area contributed by atoms with Crippen molar-refractivity contribution >= 4 is 28.2 Å². The zero-order valence-electron chi connectivity index (χ0n) is 21.1. The van der Waals surface area contributed by atoms with Crippen LogP contribution in [0.2, 0.25) is 0 Å².